The average molecular weight is 266 g/mol. The highest BCUT2D eigenvalue weighted by Crippen LogP contribution is 2.42. The van der Waals surface area contributed by atoms with E-state index in [0.717, 1.165) is 32.4 Å². The number of hydrogen-bond donors (Lipinski definition) is 1. The second kappa shape index (κ2) is 4.91. The van der Waals surface area contributed by atoms with E-state index in [0.29, 0.717) is 6.04 Å². The number of thiazole rings is 1. The molecule has 4 heteroatoms. The molecule has 2 heterocycles. The molecule has 1 aliphatic heterocycles. The van der Waals surface area contributed by atoms with Crippen LogP contribution in [0, 0.1) is 0 Å². The number of hydrogen-bond acceptors (Lipinski definition) is 4. The van der Waals surface area contributed by atoms with Gasteiger partial charge < -0.3 is 10.1 Å². The van der Waals surface area contributed by atoms with Crippen LogP contribution in [0.15, 0.2) is 0 Å². The lowest BCUT2D eigenvalue weighted by Gasteiger charge is -2.21. The highest BCUT2D eigenvalue weighted by Gasteiger charge is 2.37. The fourth-order valence-corrected chi connectivity index (χ4v) is 4.38. The average Bonchev–Trinajstić information content (AvgIpc) is 2.97. The number of fused-ring (bicyclic) bond motifs is 1. The Hall–Kier alpha value is -0.450. The molecule has 3 rings (SSSR count). The van der Waals surface area contributed by atoms with Crippen LogP contribution in [0.5, 0.6) is 0 Å². The van der Waals surface area contributed by atoms with E-state index in [1.54, 1.807) is 0 Å². The Morgan fingerprint density at radius 3 is 3.11 bits per heavy atom. The van der Waals surface area contributed by atoms with E-state index in [4.69, 9.17) is 9.72 Å². The molecule has 0 aromatic carbocycles. The lowest BCUT2D eigenvalue weighted by Crippen LogP contribution is -2.23. The highest BCUT2D eigenvalue weighted by atomic mass is 32.1. The third-order valence-corrected chi connectivity index (χ3v) is 5.53. The van der Waals surface area contributed by atoms with Crippen LogP contribution < -0.4 is 5.32 Å². The summed E-state index contributed by atoms with van der Waals surface area (Å²) in [4.78, 5) is 6.36. The molecular formula is C14H22N2OS. The Morgan fingerprint density at radius 1 is 1.50 bits per heavy atom. The summed E-state index contributed by atoms with van der Waals surface area (Å²) in [5, 5.41) is 4.79. The molecule has 2 unspecified atom stereocenters. The van der Waals surface area contributed by atoms with E-state index in [1.807, 2.05) is 11.3 Å². The summed E-state index contributed by atoms with van der Waals surface area (Å²) in [6, 6.07) is 0.523. The fraction of sp³-hybridized carbons (Fsp3) is 0.786. The first-order valence-corrected chi connectivity index (χ1v) is 7.92. The first kappa shape index (κ1) is 12.6. The highest BCUT2D eigenvalue weighted by molar-refractivity contribution is 7.12. The fourth-order valence-electron chi connectivity index (χ4n) is 3.03. The molecule has 3 nitrogen and oxygen atoms in total. The van der Waals surface area contributed by atoms with Crippen LogP contribution in [-0.4, -0.2) is 18.1 Å². The Labute approximate surface area is 113 Å². The summed E-state index contributed by atoms with van der Waals surface area (Å²) >= 11 is 1.88. The van der Waals surface area contributed by atoms with E-state index in [-0.39, 0.29) is 5.60 Å². The van der Waals surface area contributed by atoms with E-state index >= 15 is 0 Å². The van der Waals surface area contributed by atoms with E-state index < -0.39 is 0 Å². The topological polar surface area (TPSA) is 34.2 Å². The van der Waals surface area contributed by atoms with Gasteiger partial charge in [-0.1, -0.05) is 6.92 Å². The number of ether oxygens (including phenoxy) is 1. The van der Waals surface area contributed by atoms with Crippen molar-refractivity contribution in [3.63, 3.8) is 0 Å². The second-order valence-corrected chi connectivity index (χ2v) is 6.55. The van der Waals surface area contributed by atoms with Gasteiger partial charge in [0.25, 0.3) is 0 Å². The number of nitrogens with one attached hydrogen (secondary N) is 1. The minimum Gasteiger partial charge on any atom is -0.368 e. The van der Waals surface area contributed by atoms with Crippen LogP contribution in [0.2, 0.25) is 0 Å². The Morgan fingerprint density at radius 2 is 2.39 bits per heavy atom. The van der Waals surface area contributed by atoms with E-state index in [1.165, 1.54) is 28.4 Å². The summed E-state index contributed by atoms with van der Waals surface area (Å²) in [7, 11) is 0. The van der Waals surface area contributed by atoms with Crippen molar-refractivity contribution in [3.05, 3.63) is 15.6 Å². The predicted octanol–water partition coefficient (Wildman–Crippen LogP) is 3.16. The number of aromatic nitrogens is 1. The van der Waals surface area contributed by atoms with Crippen LogP contribution >= 0.6 is 11.3 Å². The summed E-state index contributed by atoms with van der Waals surface area (Å²) < 4.78 is 5.93. The molecule has 1 aromatic heterocycles. The smallest absolute Gasteiger partial charge is 0.125 e. The van der Waals surface area contributed by atoms with Crippen molar-refractivity contribution in [3.8, 4) is 0 Å². The van der Waals surface area contributed by atoms with Crippen LogP contribution in [0.4, 0.5) is 0 Å². The zero-order valence-corrected chi connectivity index (χ0v) is 12.1. The number of rotatable bonds is 3. The molecule has 1 aliphatic carbocycles. The minimum absolute atomic E-state index is 0.112. The maximum atomic E-state index is 5.93. The molecule has 18 heavy (non-hydrogen) atoms. The van der Waals surface area contributed by atoms with Gasteiger partial charge in [-0.05, 0) is 45.6 Å². The molecule has 2 aliphatic rings. The zero-order chi connectivity index (χ0) is 12.6. The lowest BCUT2D eigenvalue weighted by atomic mass is 9.98. The maximum Gasteiger partial charge on any atom is 0.125 e. The number of aryl methyl sites for hydroxylation is 1. The molecule has 0 amide bonds. The maximum absolute atomic E-state index is 5.93. The van der Waals surface area contributed by atoms with Crippen LogP contribution in [0.25, 0.3) is 0 Å². The molecule has 0 spiro atoms. The quantitative estimate of drug-likeness (QED) is 0.912. The minimum atomic E-state index is -0.112. The van der Waals surface area contributed by atoms with Gasteiger partial charge in [-0.25, -0.2) is 4.98 Å². The van der Waals surface area contributed by atoms with Gasteiger partial charge >= 0.3 is 0 Å². The van der Waals surface area contributed by atoms with Gasteiger partial charge in [0.2, 0.25) is 0 Å². The normalized spacial score (nSPS) is 31.6. The third-order valence-electron chi connectivity index (χ3n) is 4.07. The monoisotopic (exact) mass is 266 g/mol. The van der Waals surface area contributed by atoms with Crippen molar-refractivity contribution in [1.29, 1.82) is 0 Å². The Bertz CT molecular complexity index is 423. The van der Waals surface area contributed by atoms with Crippen molar-refractivity contribution >= 4 is 11.3 Å². The van der Waals surface area contributed by atoms with E-state index in [2.05, 4.69) is 19.2 Å². The van der Waals surface area contributed by atoms with E-state index in [9.17, 15) is 0 Å². The van der Waals surface area contributed by atoms with Crippen molar-refractivity contribution in [1.82, 2.24) is 10.3 Å². The molecular weight excluding hydrogens is 244 g/mol. The molecule has 0 radical (unpaired) electrons. The van der Waals surface area contributed by atoms with Crippen molar-refractivity contribution in [2.45, 2.75) is 57.6 Å². The molecule has 1 saturated heterocycles. The zero-order valence-electron chi connectivity index (χ0n) is 11.3. The standard InChI is InChI=1S/C14H22N2OS/c1-3-15-10-6-4-7-11-12(10)18-13(16-11)14(2)8-5-9-17-14/h10,15H,3-9H2,1-2H3. The molecule has 2 atom stereocenters. The van der Waals surface area contributed by atoms with Gasteiger partial charge in [-0.3, -0.25) is 0 Å². The Kier molecular flexibility index (Phi) is 3.43. The molecule has 0 saturated carbocycles. The van der Waals surface area contributed by atoms with Crippen LogP contribution in [0.1, 0.15) is 61.2 Å². The van der Waals surface area contributed by atoms with Gasteiger partial charge in [0.15, 0.2) is 0 Å². The van der Waals surface area contributed by atoms with Gasteiger partial charge in [-0.2, -0.15) is 0 Å². The first-order chi connectivity index (χ1) is 8.73. The molecule has 1 fully saturated rings. The molecule has 100 valence electrons. The summed E-state index contributed by atoms with van der Waals surface area (Å²) in [5.74, 6) is 0. The van der Waals surface area contributed by atoms with Crippen molar-refractivity contribution in [2.75, 3.05) is 13.2 Å². The SMILES string of the molecule is CCNC1CCCc2nc(C3(C)CCCO3)sc21. The molecule has 1 N–H and O–H groups in total. The van der Waals surface area contributed by atoms with Gasteiger partial charge in [0.1, 0.15) is 10.6 Å². The molecule has 1 aromatic rings. The van der Waals surface area contributed by atoms with Gasteiger partial charge in [0.05, 0.1) is 5.69 Å². The van der Waals surface area contributed by atoms with Gasteiger partial charge in [0, 0.05) is 17.5 Å². The summed E-state index contributed by atoms with van der Waals surface area (Å²) in [6.45, 7) is 6.30. The third kappa shape index (κ3) is 2.10. The summed E-state index contributed by atoms with van der Waals surface area (Å²) in [6.07, 6.45) is 5.93. The van der Waals surface area contributed by atoms with Crippen molar-refractivity contribution in [2.24, 2.45) is 0 Å². The van der Waals surface area contributed by atoms with Crippen molar-refractivity contribution < 1.29 is 4.74 Å². The van der Waals surface area contributed by atoms with Gasteiger partial charge in [-0.15, -0.1) is 11.3 Å². The Balaban J connectivity index is 1.90. The summed E-state index contributed by atoms with van der Waals surface area (Å²) in [5.41, 5.74) is 1.21. The largest absolute Gasteiger partial charge is 0.368 e. The predicted molar refractivity (Wildman–Crippen MR) is 74.0 cm³/mol. The molecule has 0 bridgehead atoms. The second-order valence-electron chi connectivity index (χ2n) is 5.52. The van der Waals surface area contributed by atoms with Crippen LogP contribution in [0.3, 0.4) is 0 Å². The first-order valence-electron chi connectivity index (χ1n) is 7.10. The number of nitrogens with zero attached hydrogens (tertiary/aromatic N) is 1. The lowest BCUT2D eigenvalue weighted by molar-refractivity contribution is 0.0165. The van der Waals surface area contributed by atoms with Crippen LogP contribution in [-0.2, 0) is 16.8 Å².